The molecule has 0 bridgehead atoms. The van der Waals surface area contributed by atoms with Crippen LogP contribution in [-0.4, -0.2) is 40.3 Å². The third-order valence-corrected chi connectivity index (χ3v) is 6.01. The van der Waals surface area contributed by atoms with E-state index in [2.05, 4.69) is 22.6 Å². The summed E-state index contributed by atoms with van der Waals surface area (Å²) in [4.78, 5) is 36.1. The van der Waals surface area contributed by atoms with Crippen molar-refractivity contribution in [2.45, 2.75) is 20.5 Å². The van der Waals surface area contributed by atoms with Crippen LogP contribution in [0.3, 0.4) is 0 Å². The van der Waals surface area contributed by atoms with Crippen LogP contribution in [0.2, 0.25) is 0 Å². The number of amides is 2. The van der Waals surface area contributed by atoms with Crippen molar-refractivity contribution < 1.29 is 29.0 Å². The number of benzene rings is 2. The second-order valence-corrected chi connectivity index (χ2v) is 8.85. The molecular weight excluding hydrogens is 533 g/mol. The summed E-state index contributed by atoms with van der Waals surface area (Å²) >= 11 is 2.85. The average molecular weight is 553 g/mol. The molecule has 162 valence electrons. The summed E-state index contributed by atoms with van der Waals surface area (Å²) in [5, 5.41) is 8.29. The third-order valence-electron chi connectivity index (χ3n) is 4.30. The van der Waals surface area contributed by atoms with Gasteiger partial charge in [0, 0.05) is 0 Å². The fraction of sp³-hybridized carbons (Fsp3) is 0.227. The van der Waals surface area contributed by atoms with E-state index in [1.165, 1.54) is 5.56 Å². The van der Waals surface area contributed by atoms with Crippen LogP contribution in [0.5, 0.6) is 11.5 Å². The fourth-order valence-corrected chi connectivity index (χ4v) is 4.46. The Morgan fingerprint density at radius 3 is 2.55 bits per heavy atom. The predicted octanol–water partition coefficient (Wildman–Crippen LogP) is 4.70. The number of rotatable bonds is 8. The number of aryl methyl sites for hydroxylation is 1. The first-order valence-electron chi connectivity index (χ1n) is 9.40. The lowest BCUT2D eigenvalue weighted by Crippen LogP contribution is -2.33. The van der Waals surface area contributed by atoms with Gasteiger partial charge in [-0.15, -0.1) is 0 Å². The lowest BCUT2D eigenvalue weighted by atomic mass is 10.1. The molecule has 2 amide bonds. The van der Waals surface area contributed by atoms with Crippen molar-refractivity contribution in [2.75, 3.05) is 13.2 Å². The number of carboxylic acids is 1. The molecule has 1 N–H and O–H groups in total. The monoisotopic (exact) mass is 553 g/mol. The first-order valence-corrected chi connectivity index (χ1v) is 11.3. The van der Waals surface area contributed by atoms with Crippen LogP contribution < -0.4 is 9.47 Å². The van der Waals surface area contributed by atoms with E-state index in [-0.39, 0.29) is 4.91 Å². The molecule has 1 aliphatic heterocycles. The van der Waals surface area contributed by atoms with Gasteiger partial charge in [-0.2, -0.15) is 0 Å². The smallest absolute Gasteiger partial charge is 0.323 e. The molecular formula is C22H20INO6S. The maximum Gasteiger partial charge on any atom is 0.323 e. The zero-order chi connectivity index (χ0) is 22.5. The molecule has 1 aliphatic rings. The number of carbonyl (C=O) groups is 3. The minimum absolute atomic E-state index is 0.165. The second-order valence-electron chi connectivity index (χ2n) is 6.70. The van der Waals surface area contributed by atoms with E-state index in [9.17, 15) is 14.4 Å². The van der Waals surface area contributed by atoms with Gasteiger partial charge in [0.2, 0.25) is 0 Å². The quantitative estimate of drug-likeness (QED) is 0.374. The van der Waals surface area contributed by atoms with E-state index < -0.39 is 23.7 Å². The lowest BCUT2D eigenvalue weighted by Gasteiger charge is -2.15. The highest BCUT2D eigenvalue weighted by atomic mass is 127. The predicted molar refractivity (Wildman–Crippen MR) is 126 cm³/mol. The Morgan fingerprint density at radius 1 is 1.19 bits per heavy atom. The molecule has 1 fully saturated rings. The number of carboxylic acid groups (broad SMARTS) is 1. The first-order chi connectivity index (χ1) is 14.8. The van der Waals surface area contributed by atoms with Crippen molar-refractivity contribution in [1.29, 1.82) is 0 Å². The molecule has 1 heterocycles. The minimum atomic E-state index is -1.24. The van der Waals surface area contributed by atoms with Crippen LogP contribution >= 0.6 is 34.4 Å². The molecule has 0 aliphatic carbocycles. The van der Waals surface area contributed by atoms with Gasteiger partial charge < -0.3 is 14.6 Å². The van der Waals surface area contributed by atoms with Gasteiger partial charge in [0.25, 0.3) is 11.1 Å². The Labute approximate surface area is 197 Å². The normalized spacial score (nSPS) is 14.9. The number of halogens is 1. The largest absolute Gasteiger partial charge is 0.490 e. The van der Waals surface area contributed by atoms with Crippen molar-refractivity contribution in [3.63, 3.8) is 0 Å². The van der Waals surface area contributed by atoms with Gasteiger partial charge in [-0.25, -0.2) is 0 Å². The third kappa shape index (κ3) is 5.79. The van der Waals surface area contributed by atoms with Crippen molar-refractivity contribution >= 4 is 57.5 Å². The molecule has 2 aromatic rings. The van der Waals surface area contributed by atoms with Crippen LogP contribution in [0.25, 0.3) is 6.08 Å². The molecule has 0 unspecified atom stereocenters. The van der Waals surface area contributed by atoms with E-state index in [4.69, 9.17) is 14.6 Å². The summed E-state index contributed by atoms with van der Waals surface area (Å²) in [5.74, 6) is -0.742. The van der Waals surface area contributed by atoms with Crippen molar-refractivity contribution in [2.24, 2.45) is 0 Å². The van der Waals surface area contributed by atoms with Crippen LogP contribution in [0.4, 0.5) is 4.79 Å². The zero-order valence-electron chi connectivity index (χ0n) is 16.9. The molecule has 7 nitrogen and oxygen atoms in total. The summed E-state index contributed by atoms with van der Waals surface area (Å²) in [7, 11) is 0. The highest BCUT2D eigenvalue weighted by Crippen LogP contribution is 2.37. The van der Waals surface area contributed by atoms with Crippen LogP contribution in [0.1, 0.15) is 23.6 Å². The van der Waals surface area contributed by atoms with Crippen molar-refractivity contribution in [3.8, 4) is 11.5 Å². The number of ether oxygens (including phenoxy) is 2. The Balaban J connectivity index is 1.85. The van der Waals surface area contributed by atoms with Gasteiger partial charge in [-0.1, -0.05) is 29.8 Å². The molecule has 0 saturated carbocycles. The summed E-state index contributed by atoms with van der Waals surface area (Å²) in [6, 6.07) is 11.6. The molecule has 1 saturated heterocycles. The van der Waals surface area contributed by atoms with Crippen molar-refractivity contribution in [3.05, 3.63) is 61.6 Å². The van der Waals surface area contributed by atoms with Gasteiger partial charge in [-0.05, 0) is 77.5 Å². The lowest BCUT2D eigenvalue weighted by molar-refractivity contribution is -0.140. The average Bonchev–Trinajstić information content (AvgIpc) is 2.96. The number of thioether (sulfide) groups is 1. The van der Waals surface area contributed by atoms with Crippen molar-refractivity contribution in [1.82, 2.24) is 4.90 Å². The van der Waals surface area contributed by atoms with E-state index in [0.29, 0.717) is 35.2 Å². The highest BCUT2D eigenvalue weighted by Gasteiger charge is 2.36. The van der Waals surface area contributed by atoms with Crippen LogP contribution in [-0.2, 0) is 16.2 Å². The van der Waals surface area contributed by atoms with E-state index >= 15 is 0 Å². The first kappa shape index (κ1) is 23.1. The SMILES string of the molecule is CCOc1cc(/C=C2/SC(=O)N(CC(=O)O)C2=O)cc(I)c1OCc1ccc(C)cc1. The van der Waals surface area contributed by atoms with Gasteiger partial charge in [0.05, 0.1) is 15.1 Å². The molecule has 0 aromatic heterocycles. The fourth-order valence-electron chi connectivity index (χ4n) is 2.84. The molecule has 0 atom stereocenters. The van der Waals surface area contributed by atoms with Gasteiger partial charge in [0.1, 0.15) is 13.2 Å². The summed E-state index contributed by atoms with van der Waals surface area (Å²) in [6.07, 6.45) is 1.56. The number of imide groups is 1. The maximum absolute atomic E-state index is 12.4. The molecule has 0 radical (unpaired) electrons. The molecule has 2 aromatic carbocycles. The number of aliphatic carboxylic acids is 1. The summed E-state index contributed by atoms with van der Waals surface area (Å²) in [5.41, 5.74) is 2.85. The number of carbonyl (C=O) groups excluding carboxylic acids is 2. The highest BCUT2D eigenvalue weighted by molar-refractivity contribution is 14.1. The Kier molecular flexibility index (Phi) is 7.60. The molecule has 9 heteroatoms. The minimum Gasteiger partial charge on any atom is -0.490 e. The van der Waals surface area contributed by atoms with Gasteiger partial charge in [-0.3, -0.25) is 19.3 Å². The van der Waals surface area contributed by atoms with E-state index in [1.54, 1.807) is 12.1 Å². The summed E-state index contributed by atoms with van der Waals surface area (Å²) in [6.45, 7) is 4.03. The Hall–Kier alpha value is -2.53. The topological polar surface area (TPSA) is 93.1 Å². The Bertz CT molecular complexity index is 1050. The Morgan fingerprint density at radius 2 is 1.90 bits per heavy atom. The van der Waals surface area contributed by atoms with Gasteiger partial charge >= 0.3 is 5.97 Å². The van der Waals surface area contributed by atoms with E-state index in [0.717, 1.165) is 20.9 Å². The number of hydrogen-bond donors (Lipinski definition) is 1. The van der Waals surface area contributed by atoms with E-state index in [1.807, 2.05) is 44.2 Å². The second kappa shape index (κ2) is 10.2. The van der Waals surface area contributed by atoms with Crippen LogP contribution in [0.15, 0.2) is 41.3 Å². The molecule has 0 spiro atoms. The standard InChI is InChI=1S/C22H20INO6S/c1-3-29-17-9-15(10-18-21(27)24(11-19(25)26)22(28)31-18)8-16(23)20(17)30-12-14-6-4-13(2)5-7-14/h4-10H,3,11-12H2,1-2H3,(H,25,26)/b18-10+. The van der Waals surface area contributed by atoms with Gasteiger partial charge in [0.15, 0.2) is 11.5 Å². The molecule has 31 heavy (non-hydrogen) atoms. The maximum atomic E-state index is 12.4. The summed E-state index contributed by atoms with van der Waals surface area (Å²) < 4.78 is 12.5. The number of nitrogens with zero attached hydrogens (tertiary/aromatic N) is 1. The number of hydrogen-bond acceptors (Lipinski definition) is 6. The van der Waals surface area contributed by atoms with Crippen LogP contribution in [0, 0.1) is 10.5 Å². The zero-order valence-corrected chi connectivity index (χ0v) is 19.9. The molecule has 3 rings (SSSR count).